The van der Waals surface area contributed by atoms with E-state index in [4.69, 9.17) is 4.74 Å². The Bertz CT molecular complexity index is 1380. The molecule has 2 unspecified atom stereocenters. The molecule has 2 amide bonds. The molecule has 2 atom stereocenters. The summed E-state index contributed by atoms with van der Waals surface area (Å²) in [6.07, 6.45) is 1.25. The zero-order valence-corrected chi connectivity index (χ0v) is 24.6. The molecule has 0 saturated heterocycles. The Labute approximate surface area is 238 Å². The average molecular weight is 566 g/mol. The molecule has 0 bridgehead atoms. The second-order valence-electron chi connectivity index (χ2n) is 9.82. The summed E-state index contributed by atoms with van der Waals surface area (Å²) in [7, 11) is -2.71. The molecule has 0 aliphatic heterocycles. The van der Waals surface area contributed by atoms with Crippen LogP contribution in [0.4, 0.5) is 5.69 Å². The first-order chi connectivity index (χ1) is 19.1. The van der Waals surface area contributed by atoms with Crippen LogP contribution in [0, 0.1) is 6.92 Å². The van der Waals surface area contributed by atoms with Crippen molar-refractivity contribution in [1.82, 2.24) is 10.2 Å². The Morgan fingerprint density at radius 3 is 2.17 bits per heavy atom. The lowest BCUT2D eigenvalue weighted by atomic mass is 10.1. The second kappa shape index (κ2) is 14.0. The zero-order valence-electron chi connectivity index (χ0n) is 23.8. The minimum absolute atomic E-state index is 0.0461. The molecule has 0 radical (unpaired) electrons. The highest BCUT2D eigenvalue weighted by Crippen LogP contribution is 2.33. The number of sulfonamides is 1. The van der Waals surface area contributed by atoms with Crippen molar-refractivity contribution >= 4 is 27.5 Å². The summed E-state index contributed by atoms with van der Waals surface area (Å²) in [5.41, 5.74) is 2.06. The van der Waals surface area contributed by atoms with Crippen molar-refractivity contribution in [1.29, 1.82) is 0 Å². The normalized spacial score (nSPS) is 12.7. The number of ether oxygens (including phenoxy) is 1. The molecule has 0 saturated carbocycles. The molecule has 3 aromatic carbocycles. The van der Waals surface area contributed by atoms with Crippen molar-refractivity contribution in [3.05, 3.63) is 90.0 Å². The van der Waals surface area contributed by atoms with E-state index in [9.17, 15) is 18.0 Å². The fraction of sp³-hybridized carbons (Fsp3) is 0.355. The number of methoxy groups -OCH3 is 1. The first kappa shape index (κ1) is 30.7. The van der Waals surface area contributed by atoms with Crippen LogP contribution in [-0.2, 0) is 26.0 Å². The number of aryl methyl sites for hydroxylation is 1. The van der Waals surface area contributed by atoms with Crippen LogP contribution in [0.3, 0.4) is 0 Å². The van der Waals surface area contributed by atoms with Crippen LogP contribution in [0.2, 0.25) is 0 Å². The number of nitrogens with one attached hydrogen (secondary N) is 1. The molecule has 40 heavy (non-hydrogen) atoms. The lowest BCUT2D eigenvalue weighted by molar-refractivity contribution is -0.139. The van der Waals surface area contributed by atoms with Gasteiger partial charge >= 0.3 is 0 Å². The summed E-state index contributed by atoms with van der Waals surface area (Å²) in [5.74, 6) is -0.469. The maximum Gasteiger partial charge on any atom is 0.264 e. The van der Waals surface area contributed by atoms with Crippen LogP contribution in [0.5, 0.6) is 5.75 Å². The van der Waals surface area contributed by atoms with Crippen LogP contribution in [0.1, 0.15) is 38.3 Å². The van der Waals surface area contributed by atoms with E-state index in [1.165, 1.54) is 24.1 Å². The number of rotatable bonds is 13. The van der Waals surface area contributed by atoms with Crippen molar-refractivity contribution in [3.8, 4) is 5.75 Å². The summed E-state index contributed by atoms with van der Waals surface area (Å²) < 4.78 is 34.5. The number of hydrogen-bond acceptors (Lipinski definition) is 5. The predicted molar refractivity (Wildman–Crippen MR) is 158 cm³/mol. The van der Waals surface area contributed by atoms with E-state index in [0.717, 1.165) is 21.9 Å². The number of anilines is 1. The van der Waals surface area contributed by atoms with Crippen molar-refractivity contribution in [2.45, 2.75) is 57.5 Å². The van der Waals surface area contributed by atoms with Gasteiger partial charge in [0.25, 0.3) is 10.0 Å². The molecule has 0 fully saturated rings. The number of amides is 2. The smallest absolute Gasteiger partial charge is 0.264 e. The summed E-state index contributed by atoms with van der Waals surface area (Å²) in [6, 6.07) is 21.9. The van der Waals surface area contributed by atoms with Crippen molar-refractivity contribution < 1.29 is 22.7 Å². The molecule has 3 aromatic rings. The number of carbonyl (C=O) groups is 2. The monoisotopic (exact) mass is 565 g/mol. The molecule has 0 aromatic heterocycles. The van der Waals surface area contributed by atoms with Gasteiger partial charge in [0, 0.05) is 12.6 Å². The van der Waals surface area contributed by atoms with Gasteiger partial charge in [0.15, 0.2) is 0 Å². The molecular weight excluding hydrogens is 526 g/mol. The fourth-order valence-corrected chi connectivity index (χ4v) is 5.70. The average Bonchev–Trinajstić information content (AvgIpc) is 2.96. The van der Waals surface area contributed by atoms with Crippen LogP contribution >= 0.6 is 0 Å². The highest BCUT2D eigenvalue weighted by molar-refractivity contribution is 7.92. The molecule has 214 valence electrons. The Balaban J connectivity index is 2.03. The van der Waals surface area contributed by atoms with Gasteiger partial charge in [0.2, 0.25) is 11.8 Å². The molecule has 9 heteroatoms. The van der Waals surface area contributed by atoms with E-state index in [0.29, 0.717) is 12.2 Å². The van der Waals surface area contributed by atoms with Crippen LogP contribution in [0.25, 0.3) is 0 Å². The topological polar surface area (TPSA) is 96.0 Å². The highest BCUT2D eigenvalue weighted by Gasteiger charge is 2.33. The molecular formula is C31H39N3O5S. The predicted octanol–water partition coefficient (Wildman–Crippen LogP) is 4.57. The molecule has 1 N–H and O–H groups in total. The Hall–Kier alpha value is -3.85. The maximum absolute atomic E-state index is 14.0. The summed E-state index contributed by atoms with van der Waals surface area (Å²) in [4.78, 5) is 28.6. The number of benzene rings is 3. The van der Waals surface area contributed by atoms with Gasteiger partial charge < -0.3 is 15.0 Å². The van der Waals surface area contributed by atoms with Gasteiger partial charge in [-0.25, -0.2) is 8.42 Å². The first-order valence-corrected chi connectivity index (χ1v) is 14.9. The van der Waals surface area contributed by atoms with Gasteiger partial charge in [-0.2, -0.15) is 0 Å². The van der Waals surface area contributed by atoms with Gasteiger partial charge in [-0.15, -0.1) is 0 Å². The molecule has 0 heterocycles. The molecule has 3 rings (SSSR count). The van der Waals surface area contributed by atoms with Crippen molar-refractivity contribution in [2.75, 3.05) is 24.5 Å². The van der Waals surface area contributed by atoms with E-state index >= 15 is 0 Å². The molecule has 0 spiro atoms. The Kier molecular flexibility index (Phi) is 10.7. The third-order valence-corrected chi connectivity index (χ3v) is 8.64. The lowest BCUT2D eigenvalue weighted by Crippen LogP contribution is -2.53. The van der Waals surface area contributed by atoms with Crippen LogP contribution < -0.4 is 14.4 Å². The zero-order chi connectivity index (χ0) is 29.3. The van der Waals surface area contributed by atoms with Gasteiger partial charge in [-0.3, -0.25) is 13.9 Å². The fourth-order valence-electron chi connectivity index (χ4n) is 4.26. The minimum Gasteiger partial charge on any atom is -0.495 e. The van der Waals surface area contributed by atoms with E-state index in [1.54, 1.807) is 37.3 Å². The van der Waals surface area contributed by atoms with Crippen LogP contribution in [-0.4, -0.2) is 57.4 Å². The van der Waals surface area contributed by atoms with Gasteiger partial charge in [0.1, 0.15) is 18.3 Å². The SMILES string of the molecule is CCC(C)NC(=O)C(C)N(CCc1ccccc1)C(=O)CN(c1cc(C)ccc1OC)S(=O)(=O)c1ccccc1. The maximum atomic E-state index is 14.0. The Morgan fingerprint density at radius 1 is 0.950 bits per heavy atom. The summed E-state index contributed by atoms with van der Waals surface area (Å²) in [6.45, 7) is 7.11. The Morgan fingerprint density at radius 2 is 1.57 bits per heavy atom. The van der Waals surface area contributed by atoms with Crippen molar-refractivity contribution in [3.63, 3.8) is 0 Å². The number of hydrogen-bond donors (Lipinski definition) is 1. The quantitative estimate of drug-likeness (QED) is 0.328. The largest absolute Gasteiger partial charge is 0.495 e. The summed E-state index contributed by atoms with van der Waals surface area (Å²) in [5, 5.41) is 2.94. The van der Waals surface area contributed by atoms with Crippen molar-refractivity contribution in [2.24, 2.45) is 0 Å². The third-order valence-electron chi connectivity index (χ3n) is 6.87. The van der Waals surface area contributed by atoms with E-state index in [1.807, 2.05) is 57.2 Å². The first-order valence-electron chi connectivity index (χ1n) is 13.4. The number of carbonyl (C=O) groups excluding carboxylic acids is 2. The van der Waals surface area contributed by atoms with Gasteiger partial charge in [-0.1, -0.05) is 61.5 Å². The molecule has 0 aliphatic rings. The lowest BCUT2D eigenvalue weighted by Gasteiger charge is -2.33. The van der Waals surface area contributed by atoms with E-state index < -0.39 is 28.5 Å². The molecule has 0 aliphatic carbocycles. The molecule has 8 nitrogen and oxygen atoms in total. The van der Waals surface area contributed by atoms with Gasteiger partial charge in [0.05, 0.1) is 17.7 Å². The van der Waals surface area contributed by atoms with Crippen LogP contribution in [0.15, 0.2) is 83.8 Å². The van der Waals surface area contributed by atoms with Gasteiger partial charge in [-0.05, 0) is 69.0 Å². The third kappa shape index (κ3) is 7.63. The van der Waals surface area contributed by atoms with E-state index in [2.05, 4.69) is 5.32 Å². The highest BCUT2D eigenvalue weighted by atomic mass is 32.2. The standard InChI is InChI=1S/C31H39N3O5S/c1-6-24(3)32-31(36)25(4)33(20-19-26-13-9-7-10-14-26)30(35)22-34(28-21-23(2)17-18-29(28)39-5)40(37,38)27-15-11-8-12-16-27/h7-18,21,24-25H,6,19-20,22H2,1-5H3,(H,32,36). The number of nitrogens with zero attached hydrogens (tertiary/aromatic N) is 2. The summed E-state index contributed by atoms with van der Waals surface area (Å²) >= 11 is 0. The second-order valence-corrected chi connectivity index (χ2v) is 11.7. The van der Waals surface area contributed by atoms with E-state index in [-0.39, 0.29) is 29.1 Å². The minimum atomic E-state index is -4.16.